The van der Waals surface area contributed by atoms with Crippen molar-refractivity contribution in [3.8, 4) is 0 Å². The van der Waals surface area contributed by atoms with Crippen molar-refractivity contribution in [3.63, 3.8) is 0 Å². The van der Waals surface area contributed by atoms with Crippen molar-refractivity contribution >= 4 is 11.9 Å². The SMILES string of the molecule is CC(=O)O[C@H]1C[C@H]2CC[C@H]3[C@@H](CC[C@]4(C)[C@@H]3C[C@H]([N+]3(C)CCCCC3)[C@@H]4OC(C)=O)[C@]2(C)C[C@@H]1N1CCCCC1. The van der Waals surface area contributed by atoms with Gasteiger partial charge in [-0.25, -0.2) is 0 Å². The molecule has 6 nitrogen and oxygen atoms in total. The van der Waals surface area contributed by atoms with Crippen LogP contribution in [0.15, 0.2) is 0 Å². The van der Waals surface area contributed by atoms with Crippen molar-refractivity contribution in [2.24, 2.45) is 34.5 Å². The minimum Gasteiger partial charge on any atom is -0.461 e. The molecule has 0 N–H and O–H groups in total. The Morgan fingerprint density at radius 3 is 2.15 bits per heavy atom. The molecule has 2 heterocycles. The Labute approximate surface area is 243 Å². The van der Waals surface area contributed by atoms with Gasteiger partial charge >= 0.3 is 11.9 Å². The lowest BCUT2D eigenvalue weighted by molar-refractivity contribution is -0.940. The summed E-state index contributed by atoms with van der Waals surface area (Å²) < 4.78 is 13.5. The summed E-state index contributed by atoms with van der Waals surface area (Å²) in [5, 5.41) is 0. The van der Waals surface area contributed by atoms with Gasteiger partial charge in [-0.3, -0.25) is 14.5 Å². The molecule has 40 heavy (non-hydrogen) atoms. The number of quaternary nitrogens is 1. The Kier molecular flexibility index (Phi) is 7.85. The number of likely N-dealkylation sites (tertiary alicyclic amines) is 2. The fourth-order valence-corrected chi connectivity index (χ4v) is 11.7. The Morgan fingerprint density at radius 1 is 0.800 bits per heavy atom. The predicted octanol–water partition coefficient (Wildman–Crippen LogP) is 5.97. The summed E-state index contributed by atoms with van der Waals surface area (Å²) in [6.45, 7) is 13.1. The highest BCUT2D eigenvalue weighted by Gasteiger charge is 2.67. The minimum atomic E-state index is -0.111. The zero-order valence-corrected chi connectivity index (χ0v) is 26.2. The van der Waals surface area contributed by atoms with Gasteiger partial charge in [0.25, 0.3) is 0 Å². The van der Waals surface area contributed by atoms with Crippen molar-refractivity contribution in [3.05, 3.63) is 0 Å². The summed E-state index contributed by atoms with van der Waals surface area (Å²) in [4.78, 5) is 27.4. The van der Waals surface area contributed by atoms with E-state index >= 15 is 0 Å². The van der Waals surface area contributed by atoms with Crippen molar-refractivity contribution in [1.29, 1.82) is 0 Å². The van der Waals surface area contributed by atoms with E-state index in [1.807, 2.05) is 0 Å². The third kappa shape index (κ3) is 4.85. The monoisotopic (exact) mass is 557 g/mol. The summed E-state index contributed by atoms with van der Waals surface area (Å²) in [5.74, 6) is 2.50. The zero-order valence-electron chi connectivity index (χ0n) is 26.2. The molecular weight excluding hydrogens is 500 g/mol. The molecule has 0 amide bonds. The molecule has 10 atom stereocenters. The average Bonchev–Trinajstić information content (AvgIpc) is 3.21. The standard InChI is InChI=1S/C34H57N2O4/c1-23(37)39-31-20-25-12-13-26-27(34(25,4)22-29(31)35-16-8-6-9-17-35)14-15-33(3)28(26)21-30(32(33)40-24(2)38)36(5)18-10-7-11-19-36/h25-32H,6-22H2,1-5H3/q+1/t25-,26+,27-,28-,29+,30+,31+,32+,33-,34-/m1/s1. The van der Waals surface area contributed by atoms with Gasteiger partial charge in [0.1, 0.15) is 12.1 Å². The molecule has 4 aliphatic carbocycles. The lowest BCUT2D eigenvalue weighted by atomic mass is 9.44. The Hall–Kier alpha value is -1.14. The first-order chi connectivity index (χ1) is 19.0. The molecule has 0 unspecified atom stereocenters. The lowest BCUT2D eigenvalue weighted by Gasteiger charge is -2.62. The summed E-state index contributed by atoms with van der Waals surface area (Å²) >= 11 is 0. The van der Waals surface area contributed by atoms with Gasteiger partial charge in [0.15, 0.2) is 6.10 Å². The van der Waals surface area contributed by atoms with Gasteiger partial charge in [0.2, 0.25) is 0 Å². The highest BCUT2D eigenvalue weighted by Crippen LogP contribution is 2.67. The molecule has 0 aromatic heterocycles. The average molecular weight is 558 g/mol. The van der Waals surface area contributed by atoms with Crippen molar-refractivity contribution < 1.29 is 23.5 Å². The summed E-state index contributed by atoms with van der Waals surface area (Å²) in [7, 11) is 2.47. The quantitative estimate of drug-likeness (QED) is 0.315. The van der Waals surface area contributed by atoms with E-state index in [9.17, 15) is 9.59 Å². The van der Waals surface area contributed by atoms with Gasteiger partial charge < -0.3 is 14.0 Å². The lowest BCUT2D eigenvalue weighted by Crippen LogP contribution is -2.61. The number of piperidine rings is 2. The molecule has 2 aliphatic heterocycles. The number of esters is 2. The molecular formula is C34H57N2O4+. The normalized spacial score (nSPS) is 46.9. The van der Waals surface area contributed by atoms with E-state index in [0.717, 1.165) is 29.9 Å². The number of carbonyl (C=O) groups excluding carboxylic acids is 2. The maximum absolute atomic E-state index is 12.5. The number of carbonyl (C=O) groups is 2. The number of ether oxygens (including phenoxy) is 2. The molecule has 2 saturated heterocycles. The van der Waals surface area contributed by atoms with Gasteiger partial charge in [-0.2, -0.15) is 0 Å². The number of rotatable bonds is 4. The number of hydrogen-bond acceptors (Lipinski definition) is 5. The van der Waals surface area contributed by atoms with Crippen LogP contribution in [-0.4, -0.2) is 78.8 Å². The van der Waals surface area contributed by atoms with Crippen LogP contribution in [0.2, 0.25) is 0 Å². The van der Waals surface area contributed by atoms with Crippen molar-refractivity contribution in [2.75, 3.05) is 33.2 Å². The molecule has 0 radical (unpaired) electrons. The number of hydrogen-bond donors (Lipinski definition) is 0. The van der Waals surface area contributed by atoms with Crippen LogP contribution in [0.5, 0.6) is 0 Å². The molecule has 0 spiro atoms. The van der Waals surface area contributed by atoms with Crippen LogP contribution in [0.1, 0.15) is 111 Å². The van der Waals surface area contributed by atoms with Gasteiger partial charge in [0, 0.05) is 31.7 Å². The van der Waals surface area contributed by atoms with E-state index in [2.05, 4.69) is 25.8 Å². The number of likely N-dealkylation sites (N-methyl/N-ethyl adjacent to an activating group) is 1. The minimum absolute atomic E-state index is 0.0466. The first-order valence-corrected chi connectivity index (χ1v) is 17.0. The fourth-order valence-electron chi connectivity index (χ4n) is 11.7. The molecule has 6 rings (SSSR count). The molecule has 6 aliphatic rings. The summed E-state index contributed by atoms with van der Waals surface area (Å²) in [6, 6.07) is 0.796. The fraction of sp³-hybridized carbons (Fsp3) is 0.941. The molecule has 6 fully saturated rings. The highest BCUT2D eigenvalue weighted by atomic mass is 16.5. The first kappa shape index (κ1) is 29.0. The van der Waals surface area contributed by atoms with Crippen LogP contribution >= 0.6 is 0 Å². The van der Waals surface area contributed by atoms with Crippen LogP contribution in [-0.2, 0) is 19.1 Å². The van der Waals surface area contributed by atoms with Gasteiger partial charge in [-0.05, 0) is 113 Å². The van der Waals surface area contributed by atoms with E-state index in [4.69, 9.17) is 9.47 Å². The van der Waals surface area contributed by atoms with Gasteiger partial charge in [0.05, 0.1) is 20.1 Å². The zero-order chi connectivity index (χ0) is 28.3. The van der Waals surface area contributed by atoms with Crippen LogP contribution in [0.3, 0.4) is 0 Å². The van der Waals surface area contributed by atoms with Crippen molar-refractivity contribution in [2.45, 2.75) is 135 Å². The second kappa shape index (κ2) is 10.8. The highest BCUT2D eigenvalue weighted by molar-refractivity contribution is 5.66. The molecule has 4 saturated carbocycles. The summed E-state index contributed by atoms with van der Waals surface area (Å²) in [5.41, 5.74) is 0.377. The molecule has 226 valence electrons. The van der Waals surface area contributed by atoms with E-state index < -0.39 is 0 Å². The van der Waals surface area contributed by atoms with E-state index in [0.29, 0.717) is 35.3 Å². The number of nitrogens with zero attached hydrogens (tertiary/aromatic N) is 2. The molecule has 0 aromatic rings. The molecule has 0 aromatic carbocycles. The predicted molar refractivity (Wildman–Crippen MR) is 156 cm³/mol. The molecule has 0 bridgehead atoms. The largest absolute Gasteiger partial charge is 0.461 e. The Bertz CT molecular complexity index is 958. The third-order valence-electron chi connectivity index (χ3n) is 13.7. The van der Waals surface area contributed by atoms with Crippen LogP contribution < -0.4 is 0 Å². The second-order valence-electron chi connectivity index (χ2n) is 15.8. The van der Waals surface area contributed by atoms with Crippen LogP contribution in [0.4, 0.5) is 0 Å². The smallest absolute Gasteiger partial charge is 0.303 e. The van der Waals surface area contributed by atoms with Crippen LogP contribution in [0, 0.1) is 34.5 Å². The Morgan fingerprint density at radius 2 is 1.48 bits per heavy atom. The second-order valence-corrected chi connectivity index (χ2v) is 15.8. The van der Waals surface area contributed by atoms with Crippen molar-refractivity contribution in [1.82, 2.24) is 4.90 Å². The van der Waals surface area contributed by atoms with E-state index in [1.54, 1.807) is 13.8 Å². The van der Waals surface area contributed by atoms with Gasteiger partial charge in [-0.15, -0.1) is 0 Å². The van der Waals surface area contributed by atoms with Gasteiger partial charge in [-0.1, -0.05) is 20.3 Å². The maximum Gasteiger partial charge on any atom is 0.303 e. The maximum atomic E-state index is 12.5. The van der Waals surface area contributed by atoms with Crippen LogP contribution in [0.25, 0.3) is 0 Å². The molecule has 6 heteroatoms. The van der Waals surface area contributed by atoms with E-state index in [-0.39, 0.29) is 29.6 Å². The topological polar surface area (TPSA) is 55.8 Å². The third-order valence-corrected chi connectivity index (χ3v) is 13.7. The number of fused-ring (bicyclic) bond motifs is 5. The Balaban J connectivity index is 1.29. The summed E-state index contributed by atoms with van der Waals surface area (Å²) in [6.07, 6.45) is 16.3. The first-order valence-electron chi connectivity index (χ1n) is 17.0. The van der Waals surface area contributed by atoms with E-state index in [1.165, 1.54) is 90.1 Å².